The van der Waals surface area contributed by atoms with Gasteiger partial charge in [-0.2, -0.15) is 0 Å². The van der Waals surface area contributed by atoms with Gasteiger partial charge in [0.15, 0.2) is 12.6 Å². The van der Waals surface area contributed by atoms with Crippen LogP contribution in [0.3, 0.4) is 0 Å². The summed E-state index contributed by atoms with van der Waals surface area (Å²) in [7, 11) is 0. The number of hydrogen-bond donors (Lipinski definition) is 7. The van der Waals surface area contributed by atoms with Gasteiger partial charge in [0.25, 0.3) is 0 Å². The Balaban J connectivity index is 2.45. The van der Waals surface area contributed by atoms with Gasteiger partial charge in [0.05, 0.1) is 13.2 Å². The summed E-state index contributed by atoms with van der Waals surface area (Å²) in [5.41, 5.74) is 0. The Labute approximate surface area is 119 Å². The number of aldehydes is 1. The molecule has 1 saturated heterocycles. The Morgan fingerprint density at radius 1 is 1.10 bits per heavy atom. The first-order chi connectivity index (χ1) is 9.79. The molecular weight excluding hydrogens is 292 g/mol. The molecule has 8 atom stereocenters. The summed E-state index contributed by atoms with van der Waals surface area (Å²) in [5.74, 6) is 0. The van der Waals surface area contributed by atoms with E-state index in [2.05, 4.69) is 0 Å². The Morgan fingerprint density at radius 2 is 1.71 bits per heavy atom. The number of hydrogen-bond acceptors (Lipinski definition) is 10. The molecule has 0 aromatic rings. The molecule has 0 saturated carbocycles. The molecule has 0 aliphatic carbocycles. The van der Waals surface area contributed by atoms with Crippen LogP contribution >= 0.6 is 0 Å². The molecule has 0 amide bonds. The predicted octanol–water partition coefficient (Wildman–Crippen LogP) is -4.92. The fourth-order valence-corrected chi connectivity index (χ4v) is 1.73. The van der Waals surface area contributed by atoms with Crippen LogP contribution in [0, 0.1) is 0 Å². The van der Waals surface area contributed by atoms with Crippen molar-refractivity contribution in [3.8, 4) is 0 Å². The normalized spacial score (nSPS) is 35.8. The van der Waals surface area contributed by atoms with Gasteiger partial charge < -0.3 is 50.0 Å². The molecule has 0 radical (unpaired) electrons. The largest absolute Gasteiger partial charge is 0.388 e. The van der Waals surface area contributed by atoms with Gasteiger partial charge in [-0.15, -0.1) is 0 Å². The molecule has 7 N–H and O–H groups in total. The fourth-order valence-electron chi connectivity index (χ4n) is 1.73. The van der Waals surface area contributed by atoms with Gasteiger partial charge in [-0.25, -0.2) is 0 Å². The van der Waals surface area contributed by atoms with Gasteiger partial charge in [-0.05, 0) is 0 Å². The second kappa shape index (κ2) is 8.08. The average molecular weight is 312 g/mol. The van der Waals surface area contributed by atoms with Crippen LogP contribution in [0.2, 0.25) is 0 Å². The van der Waals surface area contributed by atoms with Crippen LogP contribution in [-0.2, 0) is 14.3 Å². The molecule has 0 unspecified atom stereocenters. The van der Waals surface area contributed by atoms with Crippen LogP contribution in [-0.4, -0.2) is 104 Å². The highest BCUT2D eigenvalue weighted by molar-refractivity contribution is 5.56. The number of rotatable bonds is 7. The van der Waals surface area contributed by atoms with Crippen LogP contribution < -0.4 is 0 Å². The van der Waals surface area contributed by atoms with Crippen molar-refractivity contribution < 1.29 is 50.0 Å². The maximum Gasteiger partial charge on any atom is 0.186 e. The first kappa shape index (κ1) is 18.4. The lowest BCUT2D eigenvalue weighted by molar-refractivity contribution is -0.277. The third-order valence-electron chi connectivity index (χ3n) is 3.12. The number of aliphatic hydroxyl groups excluding tert-OH is 7. The molecule has 10 nitrogen and oxygen atoms in total. The second-order valence-corrected chi connectivity index (χ2v) is 4.76. The first-order valence-corrected chi connectivity index (χ1v) is 6.24. The summed E-state index contributed by atoms with van der Waals surface area (Å²) in [4.78, 5) is 10.2. The summed E-state index contributed by atoms with van der Waals surface area (Å²) in [5, 5.41) is 65.6. The van der Waals surface area contributed by atoms with E-state index in [9.17, 15) is 35.4 Å². The molecule has 10 heteroatoms. The van der Waals surface area contributed by atoms with Crippen molar-refractivity contribution in [3.63, 3.8) is 0 Å². The Morgan fingerprint density at radius 3 is 2.29 bits per heavy atom. The Bertz CT molecular complexity index is 326. The van der Waals surface area contributed by atoms with Crippen LogP contribution in [0.15, 0.2) is 0 Å². The van der Waals surface area contributed by atoms with Crippen molar-refractivity contribution in [2.45, 2.75) is 49.0 Å². The van der Waals surface area contributed by atoms with Gasteiger partial charge in [0.2, 0.25) is 0 Å². The quantitative estimate of drug-likeness (QED) is 0.225. The highest BCUT2D eigenvalue weighted by atomic mass is 16.7. The van der Waals surface area contributed by atoms with Crippen LogP contribution in [0.5, 0.6) is 0 Å². The Hall–Kier alpha value is -0.690. The summed E-state index contributed by atoms with van der Waals surface area (Å²) in [6.45, 7) is -0.914. The maximum atomic E-state index is 10.2. The van der Waals surface area contributed by atoms with Gasteiger partial charge in [0, 0.05) is 0 Å². The third kappa shape index (κ3) is 4.64. The fraction of sp³-hybridized carbons (Fsp3) is 0.909. The van der Waals surface area contributed by atoms with Crippen molar-refractivity contribution >= 4 is 6.29 Å². The van der Waals surface area contributed by atoms with Crippen LogP contribution in [0.4, 0.5) is 0 Å². The minimum absolute atomic E-state index is 0.00674. The smallest absolute Gasteiger partial charge is 0.186 e. The molecule has 1 aliphatic rings. The highest BCUT2D eigenvalue weighted by Crippen LogP contribution is 2.17. The van der Waals surface area contributed by atoms with Gasteiger partial charge >= 0.3 is 0 Å². The SMILES string of the molecule is O=C[C@H](O)[C@@H](O)[C@H](O)[C@H](O)CO[C@@H]1OC[C@H](O)[C@H](O)[C@H]1O. The lowest BCUT2D eigenvalue weighted by Gasteiger charge is -2.35. The average Bonchev–Trinajstić information content (AvgIpc) is 2.49. The first-order valence-electron chi connectivity index (χ1n) is 6.24. The molecule has 1 aliphatic heterocycles. The van der Waals surface area contributed by atoms with E-state index in [1.165, 1.54) is 0 Å². The van der Waals surface area contributed by atoms with Crippen molar-refractivity contribution in [1.82, 2.24) is 0 Å². The van der Waals surface area contributed by atoms with E-state index in [0.29, 0.717) is 0 Å². The lowest BCUT2D eigenvalue weighted by atomic mass is 10.0. The third-order valence-corrected chi connectivity index (χ3v) is 3.12. The van der Waals surface area contributed by atoms with E-state index in [4.69, 9.17) is 14.6 Å². The molecule has 21 heavy (non-hydrogen) atoms. The second-order valence-electron chi connectivity index (χ2n) is 4.76. The molecule has 1 heterocycles. The zero-order valence-corrected chi connectivity index (χ0v) is 11.0. The van der Waals surface area contributed by atoms with Crippen LogP contribution in [0.25, 0.3) is 0 Å². The van der Waals surface area contributed by atoms with E-state index >= 15 is 0 Å². The molecular formula is C11H20O10. The van der Waals surface area contributed by atoms with E-state index in [0.717, 1.165) is 0 Å². The van der Waals surface area contributed by atoms with Crippen molar-refractivity contribution in [2.24, 2.45) is 0 Å². The summed E-state index contributed by atoms with van der Waals surface area (Å²) >= 11 is 0. The maximum absolute atomic E-state index is 10.2. The minimum atomic E-state index is -1.91. The van der Waals surface area contributed by atoms with Gasteiger partial charge in [-0.1, -0.05) is 0 Å². The Kier molecular flexibility index (Phi) is 7.06. The standard InChI is InChI=1S/C11H20O10/c12-1-4(13)7(16)8(17)5(14)2-20-11-10(19)9(18)6(15)3-21-11/h1,4-11,13-19H,2-3H2/t4-,5+,6-,7+,8+,9-,10+,11+/m0/s1. The zero-order valence-electron chi connectivity index (χ0n) is 11.0. The van der Waals surface area contributed by atoms with E-state index < -0.39 is 55.6 Å². The summed E-state index contributed by atoms with van der Waals surface area (Å²) < 4.78 is 9.82. The monoisotopic (exact) mass is 312 g/mol. The molecule has 0 bridgehead atoms. The topological polar surface area (TPSA) is 177 Å². The molecule has 124 valence electrons. The van der Waals surface area contributed by atoms with E-state index in [-0.39, 0.29) is 12.9 Å². The minimum Gasteiger partial charge on any atom is -0.388 e. The van der Waals surface area contributed by atoms with Crippen molar-refractivity contribution in [1.29, 1.82) is 0 Å². The number of carbonyl (C=O) groups is 1. The highest BCUT2D eigenvalue weighted by Gasteiger charge is 2.39. The van der Waals surface area contributed by atoms with E-state index in [1.807, 2.05) is 0 Å². The molecule has 1 rings (SSSR count). The molecule has 1 fully saturated rings. The lowest BCUT2D eigenvalue weighted by Crippen LogP contribution is -2.54. The number of aliphatic hydroxyl groups is 7. The molecule has 0 spiro atoms. The molecule has 0 aromatic heterocycles. The number of ether oxygens (including phenoxy) is 2. The summed E-state index contributed by atoms with van der Waals surface area (Å²) in [6.07, 6.45) is -13.0. The van der Waals surface area contributed by atoms with E-state index in [1.54, 1.807) is 0 Å². The van der Waals surface area contributed by atoms with Gasteiger partial charge in [-0.3, -0.25) is 0 Å². The van der Waals surface area contributed by atoms with Crippen LogP contribution in [0.1, 0.15) is 0 Å². The number of carbonyl (C=O) groups excluding carboxylic acids is 1. The van der Waals surface area contributed by atoms with Crippen molar-refractivity contribution in [3.05, 3.63) is 0 Å². The zero-order chi connectivity index (χ0) is 16.2. The molecule has 0 aromatic carbocycles. The predicted molar refractivity (Wildman–Crippen MR) is 63.8 cm³/mol. The summed E-state index contributed by atoms with van der Waals surface area (Å²) in [6, 6.07) is 0. The van der Waals surface area contributed by atoms with Gasteiger partial charge in [0.1, 0.15) is 42.7 Å². The van der Waals surface area contributed by atoms with Crippen molar-refractivity contribution in [2.75, 3.05) is 13.2 Å².